The molecule has 0 unspecified atom stereocenters. The highest BCUT2D eigenvalue weighted by Crippen LogP contribution is 2.36. The average Bonchev–Trinajstić information content (AvgIpc) is 2.48. The van der Waals surface area contributed by atoms with Crippen molar-refractivity contribution >= 4 is 5.78 Å². The summed E-state index contributed by atoms with van der Waals surface area (Å²) in [5.74, 6) is -0.221. The molecule has 0 fully saturated rings. The molecule has 1 aromatic rings. The molecule has 4 heteroatoms. The maximum absolute atomic E-state index is 11.7. The third-order valence-corrected chi connectivity index (χ3v) is 3.27. The summed E-state index contributed by atoms with van der Waals surface area (Å²) in [6.45, 7) is 2.15. The zero-order valence-corrected chi connectivity index (χ0v) is 12.8. The molecular formula is C17H24O4. The van der Waals surface area contributed by atoms with Crippen LogP contribution in [0.2, 0.25) is 0 Å². The lowest BCUT2D eigenvalue weighted by molar-refractivity contribution is -0.114. The van der Waals surface area contributed by atoms with Crippen molar-refractivity contribution in [3.05, 3.63) is 29.8 Å². The molecule has 1 rings (SSSR count). The van der Waals surface area contributed by atoms with E-state index in [0.717, 1.165) is 18.4 Å². The number of aromatic hydroxyl groups is 2. The van der Waals surface area contributed by atoms with Crippen molar-refractivity contribution in [1.82, 2.24) is 0 Å². The van der Waals surface area contributed by atoms with Gasteiger partial charge in [0, 0.05) is 6.42 Å². The highest BCUT2D eigenvalue weighted by molar-refractivity contribution is 5.89. The largest absolute Gasteiger partial charge is 0.504 e. The molecule has 0 spiro atoms. The Bertz CT molecular complexity index is 492. The number of hydrogen-bond donors (Lipinski definition) is 2. The Morgan fingerprint density at radius 2 is 2.05 bits per heavy atom. The van der Waals surface area contributed by atoms with E-state index in [1.165, 1.54) is 26.0 Å². The number of allylic oxidation sites excluding steroid dienone is 2. The van der Waals surface area contributed by atoms with E-state index in [1.807, 2.05) is 6.08 Å². The fourth-order valence-corrected chi connectivity index (χ4v) is 2.03. The van der Waals surface area contributed by atoms with E-state index in [2.05, 4.69) is 6.92 Å². The van der Waals surface area contributed by atoms with Crippen LogP contribution in [0.4, 0.5) is 0 Å². The molecule has 2 N–H and O–H groups in total. The van der Waals surface area contributed by atoms with Crippen molar-refractivity contribution in [2.75, 3.05) is 7.11 Å². The van der Waals surface area contributed by atoms with E-state index in [1.54, 1.807) is 12.1 Å². The third kappa shape index (κ3) is 5.90. The molecular weight excluding hydrogens is 268 g/mol. The van der Waals surface area contributed by atoms with Gasteiger partial charge in [-0.25, -0.2) is 0 Å². The predicted octanol–water partition coefficient (Wildman–Crippen LogP) is 3.74. The highest BCUT2D eigenvalue weighted by Gasteiger charge is 2.10. The van der Waals surface area contributed by atoms with E-state index < -0.39 is 0 Å². The van der Waals surface area contributed by atoms with Crippen LogP contribution >= 0.6 is 0 Å². The first-order chi connectivity index (χ1) is 10.1. The second kappa shape index (κ2) is 9.06. The van der Waals surface area contributed by atoms with Gasteiger partial charge < -0.3 is 14.9 Å². The van der Waals surface area contributed by atoms with Crippen molar-refractivity contribution in [2.24, 2.45) is 0 Å². The van der Waals surface area contributed by atoms with Crippen LogP contribution in [0.25, 0.3) is 0 Å². The van der Waals surface area contributed by atoms with Crippen molar-refractivity contribution < 1.29 is 19.7 Å². The number of carbonyl (C=O) groups excluding carboxylic acids is 1. The summed E-state index contributed by atoms with van der Waals surface area (Å²) >= 11 is 0. The van der Waals surface area contributed by atoms with Gasteiger partial charge in [0.05, 0.1) is 7.11 Å². The van der Waals surface area contributed by atoms with Crippen molar-refractivity contribution in [3.8, 4) is 17.2 Å². The van der Waals surface area contributed by atoms with Crippen molar-refractivity contribution in [1.29, 1.82) is 0 Å². The molecule has 4 nitrogen and oxygen atoms in total. The number of benzene rings is 1. The SMILES string of the molecule is CCCCCC=CC(=O)CCc1cc(O)c(O)c(OC)c1. The standard InChI is InChI=1S/C17H24O4/c1-3-4-5-6-7-8-14(18)10-9-13-11-15(19)17(20)16(12-13)21-2/h7-8,11-12,19-20H,3-6,9-10H2,1-2H3. The molecule has 0 amide bonds. The second-order valence-corrected chi connectivity index (χ2v) is 5.03. The number of methoxy groups -OCH3 is 1. The number of aryl methyl sites for hydroxylation is 1. The lowest BCUT2D eigenvalue weighted by Gasteiger charge is -2.08. The zero-order valence-electron chi connectivity index (χ0n) is 12.8. The maximum atomic E-state index is 11.7. The quantitative estimate of drug-likeness (QED) is 0.413. The van der Waals surface area contributed by atoms with Crippen LogP contribution in [-0.2, 0) is 11.2 Å². The Balaban J connectivity index is 2.48. The number of phenols is 2. The minimum Gasteiger partial charge on any atom is -0.504 e. The second-order valence-electron chi connectivity index (χ2n) is 5.03. The Morgan fingerprint density at radius 1 is 1.29 bits per heavy atom. The molecule has 0 heterocycles. The fraction of sp³-hybridized carbons (Fsp3) is 0.471. The topological polar surface area (TPSA) is 66.8 Å². The van der Waals surface area contributed by atoms with Crippen LogP contribution in [0.3, 0.4) is 0 Å². The van der Waals surface area contributed by atoms with Gasteiger partial charge in [-0.05, 0) is 43.0 Å². The van der Waals surface area contributed by atoms with Gasteiger partial charge in [0.25, 0.3) is 0 Å². The minimum absolute atomic E-state index is 0.0676. The molecule has 21 heavy (non-hydrogen) atoms. The first kappa shape index (κ1) is 17.1. The number of ketones is 1. The third-order valence-electron chi connectivity index (χ3n) is 3.27. The normalized spacial score (nSPS) is 11.0. The molecule has 0 bridgehead atoms. The van der Waals surface area contributed by atoms with Crippen LogP contribution in [0.5, 0.6) is 17.2 Å². The van der Waals surface area contributed by atoms with Crippen LogP contribution in [0, 0.1) is 0 Å². The molecule has 1 aromatic carbocycles. The lowest BCUT2D eigenvalue weighted by atomic mass is 10.1. The van der Waals surface area contributed by atoms with E-state index >= 15 is 0 Å². The summed E-state index contributed by atoms with van der Waals surface area (Å²) < 4.78 is 4.97. The number of phenolic OH excluding ortho intramolecular Hbond substituents is 2. The molecule has 116 valence electrons. The Morgan fingerprint density at radius 3 is 2.71 bits per heavy atom. The predicted molar refractivity (Wildman–Crippen MR) is 82.9 cm³/mol. The summed E-state index contributed by atoms with van der Waals surface area (Å²) in [6, 6.07) is 3.09. The summed E-state index contributed by atoms with van der Waals surface area (Å²) in [4.78, 5) is 11.7. The van der Waals surface area contributed by atoms with Gasteiger partial charge in [-0.2, -0.15) is 0 Å². The number of carbonyl (C=O) groups is 1. The zero-order chi connectivity index (χ0) is 15.7. The van der Waals surface area contributed by atoms with Gasteiger partial charge in [-0.3, -0.25) is 4.79 Å². The fourth-order valence-electron chi connectivity index (χ4n) is 2.03. The number of ether oxygens (including phenoxy) is 1. The van der Waals surface area contributed by atoms with Crippen LogP contribution in [0.15, 0.2) is 24.3 Å². The van der Waals surface area contributed by atoms with Crippen molar-refractivity contribution in [3.63, 3.8) is 0 Å². The molecule has 0 aromatic heterocycles. The molecule has 0 atom stereocenters. The van der Waals surface area contributed by atoms with Gasteiger partial charge in [0.2, 0.25) is 5.75 Å². The Labute approximate surface area is 126 Å². The molecule has 0 aliphatic rings. The maximum Gasteiger partial charge on any atom is 0.200 e. The average molecular weight is 292 g/mol. The van der Waals surface area contributed by atoms with E-state index in [-0.39, 0.29) is 23.0 Å². The van der Waals surface area contributed by atoms with Crippen molar-refractivity contribution in [2.45, 2.75) is 45.4 Å². The molecule has 0 radical (unpaired) electrons. The highest BCUT2D eigenvalue weighted by atomic mass is 16.5. The number of unbranched alkanes of at least 4 members (excludes halogenated alkanes) is 3. The number of hydrogen-bond acceptors (Lipinski definition) is 4. The molecule has 0 saturated heterocycles. The van der Waals surface area contributed by atoms with Crippen LogP contribution in [-0.4, -0.2) is 23.1 Å². The van der Waals surface area contributed by atoms with Gasteiger partial charge in [0.15, 0.2) is 17.3 Å². The first-order valence-corrected chi connectivity index (χ1v) is 7.36. The molecule has 0 aliphatic heterocycles. The summed E-state index contributed by atoms with van der Waals surface area (Å²) in [6.07, 6.45) is 8.84. The van der Waals surface area contributed by atoms with E-state index in [4.69, 9.17) is 4.74 Å². The summed E-state index contributed by atoms with van der Waals surface area (Å²) in [7, 11) is 1.42. The monoisotopic (exact) mass is 292 g/mol. The van der Waals surface area contributed by atoms with E-state index in [9.17, 15) is 15.0 Å². The van der Waals surface area contributed by atoms with Gasteiger partial charge in [0.1, 0.15) is 0 Å². The summed E-state index contributed by atoms with van der Waals surface area (Å²) in [5.41, 5.74) is 0.759. The van der Waals surface area contributed by atoms with Crippen LogP contribution < -0.4 is 4.74 Å². The Kier molecular flexibility index (Phi) is 7.37. The first-order valence-electron chi connectivity index (χ1n) is 7.36. The lowest BCUT2D eigenvalue weighted by Crippen LogP contribution is -1.97. The smallest absolute Gasteiger partial charge is 0.200 e. The van der Waals surface area contributed by atoms with Gasteiger partial charge >= 0.3 is 0 Å². The minimum atomic E-state index is -0.275. The number of rotatable bonds is 9. The molecule has 0 saturated carbocycles. The van der Waals surface area contributed by atoms with Gasteiger partial charge in [-0.15, -0.1) is 0 Å². The molecule has 0 aliphatic carbocycles. The van der Waals surface area contributed by atoms with E-state index in [0.29, 0.717) is 12.8 Å². The van der Waals surface area contributed by atoms with Crippen LogP contribution in [0.1, 0.15) is 44.6 Å². The Hall–Kier alpha value is -1.97. The summed E-state index contributed by atoms with van der Waals surface area (Å²) in [5, 5.41) is 19.1. The van der Waals surface area contributed by atoms with Gasteiger partial charge in [-0.1, -0.05) is 25.8 Å².